The minimum atomic E-state index is -4.70. The van der Waals surface area contributed by atoms with Gasteiger partial charge in [0.2, 0.25) is 0 Å². The summed E-state index contributed by atoms with van der Waals surface area (Å²) in [6, 6.07) is 22.6. The number of nitrogens with one attached hydrogen (secondary N) is 1. The molecule has 6 heteroatoms. The molecule has 0 saturated heterocycles. The van der Waals surface area contributed by atoms with Crippen LogP contribution < -0.4 is 14.8 Å². The van der Waals surface area contributed by atoms with E-state index in [1.807, 2.05) is 54.6 Å². The van der Waals surface area contributed by atoms with E-state index in [9.17, 15) is 13.2 Å². The SMILES string of the molecule is FC(F)(F)Oc1cccc(CNc2cccc(Oc3ccccc3)c2)c1. The number of rotatable bonds is 6. The van der Waals surface area contributed by atoms with Crippen LogP contribution in [0, 0.1) is 0 Å². The molecule has 0 radical (unpaired) electrons. The molecular weight excluding hydrogens is 343 g/mol. The van der Waals surface area contributed by atoms with Crippen LogP contribution in [0.1, 0.15) is 5.56 Å². The van der Waals surface area contributed by atoms with Crippen molar-refractivity contribution >= 4 is 5.69 Å². The third-order valence-electron chi connectivity index (χ3n) is 3.44. The third-order valence-corrected chi connectivity index (χ3v) is 3.44. The highest BCUT2D eigenvalue weighted by Gasteiger charge is 2.31. The summed E-state index contributed by atoms with van der Waals surface area (Å²) >= 11 is 0. The van der Waals surface area contributed by atoms with Crippen LogP contribution in [0.4, 0.5) is 18.9 Å². The molecule has 0 spiro atoms. The van der Waals surface area contributed by atoms with E-state index in [2.05, 4.69) is 10.1 Å². The van der Waals surface area contributed by atoms with Gasteiger partial charge >= 0.3 is 6.36 Å². The van der Waals surface area contributed by atoms with Gasteiger partial charge < -0.3 is 14.8 Å². The number of halogens is 3. The Balaban J connectivity index is 1.63. The Morgan fingerprint density at radius 1 is 0.731 bits per heavy atom. The molecule has 0 atom stereocenters. The summed E-state index contributed by atoms with van der Waals surface area (Å²) in [6.45, 7) is 0.351. The Morgan fingerprint density at radius 3 is 2.19 bits per heavy atom. The predicted octanol–water partition coefficient (Wildman–Crippen LogP) is 5.99. The van der Waals surface area contributed by atoms with Gasteiger partial charge in [-0.2, -0.15) is 0 Å². The lowest BCUT2D eigenvalue weighted by Gasteiger charge is -2.12. The highest BCUT2D eigenvalue weighted by atomic mass is 19.4. The van der Waals surface area contributed by atoms with Crippen molar-refractivity contribution in [2.24, 2.45) is 0 Å². The van der Waals surface area contributed by atoms with Gasteiger partial charge in [-0.3, -0.25) is 0 Å². The van der Waals surface area contributed by atoms with E-state index in [1.54, 1.807) is 6.07 Å². The second-order valence-electron chi connectivity index (χ2n) is 5.49. The van der Waals surface area contributed by atoms with Crippen molar-refractivity contribution in [1.82, 2.24) is 0 Å². The topological polar surface area (TPSA) is 30.5 Å². The van der Waals surface area contributed by atoms with Crippen LogP contribution in [-0.4, -0.2) is 6.36 Å². The van der Waals surface area contributed by atoms with Crippen LogP contribution in [-0.2, 0) is 6.54 Å². The fraction of sp³-hybridized carbons (Fsp3) is 0.100. The number of para-hydroxylation sites is 1. The number of anilines is 1. The monoisotopic (exact) mass is 359 g/mol. The van der Waals surface area contributed by atoms with Crippen LogP contribution in [0.3, 0.4) is 0 Å². The molecule has 0 bridgehead atoms. The van der Waals surface area contributed by atoms with Crippen LogP contribution in [0.15, 0.2) is 78.9 Å². The molecular formula is C20H16F3NO2. The molecule has 0 aliphatic carbocycles. The summed E-state index contributed by atoms with van der Waals surface area (Å²) in [4.78, 5) is 0. The van der Waals surface area contributed by atoms with Gasteiger partial charge in [0.25, 0.3) is 0 Å². The van der Waals surface area contributed by atoms with E-state index in [4.69, 9.17) is 4.74 Å². The molecule has 0 amide bonds. The van der Waals surface area contributed by atoms with Gasteiger partial charge in [-0.1, -0.05) is 36.4 Å². The zero-order chi connectivity index (χ0) is 18.4. The Labute approximate surface area is 149 Å². The van der Waals surface area contributed by atoms with E-state index in [-0.39, 0.29) is 5.75 Å². The molecule has 0 unspecified atom stereocenters. The highest BCUT2D eigenvalue weighted by Crippen LogP contribution is 2.25. The molecule has 26 heavy (non-hydrogen) atoms. The maximum Gasteiger partial charge on any atom is 0.573 e. The lowest BCUT2D eigenvalue weighted by Crippen LogP contribution is -2.17. The first-order chi connectivity index (χ1) is 12.5. The summed E-state index contributed by atoms with van der Waals surface area (Å²) in [6.07, 6.45) is -4.70. The highest BCUT2D eigenvalue weighted by molar-refractivity contribution is 5.49. The van der Waals surface area contributed by atoms with Crippen molar-refractivity contribution < 1.29 is 22.6 Å². The summed E-state index contributed by atoms with van der Waals surface area (Å²) in [5.74, 6) is 1.15. The average Bonchev–Trinajstić information content (AvgIpc) is 2.60. The van der Waals surface area contributed by atoms with Gasteiger partial charge in [-0.15, -0.1) is 13.2 Å². The van der Waals surface area contributed by atoms with Gasteiger partial charge in [0.15, 0.2) is 0 Å². The Bertz CT molecular complexity index is 851. The lowest BCUT2D eigenvalue weighted by atomic mass is 10.2. The molecule has 0 aromatic heterocycles. The third kappa shape index (κ3) is 5.44. The summed E-state index contributed by atoms with van der Waals surface area (Å²) in [5.41, 5.74) is 1.46. The maximum absolute atomic E-state index is 12.3. The van der Waals surface area contributed by atoms with Crippen LogP contribution in [0.25, 0.3) is 0 Å². The molecule has 1 N–H and O–H groups in total. The lowest BCUT2D eigenvalue weighted by molar-refractivity contribution is -0.274. The summed E-state index contributed by atoms with van der Waals surface area (Å²) in [7, 11) is 0. The number of hydrogen-bond acceptors (Lipinski definition) is 3. The molecule has 0 fully saturated rings. The van der Waals surface area contributed by atoms with E-state index in [0.717, 1.165) is 11.4 Å². The molecule has 0 aliphatic rings. The number of ether oxygens (including phenoxy) is 2. The van der Waals surface area contributed by atoms with Crippen molar-refractivity contribution in [2.45, 2.75) is 12.9 Å². The van der Waals surface area contributed by atoms with Gasteiger partial charge in [0.1, 0.15) is 17.2 Å². The van der Waals surface area contributed by atoms with E-state index < -0.39 is 6.36 Å². The molecule has 0 saturated carbocycles. The van der Waals surface area contributed by atoms with Crippen molar-refractivity contribution in [3.05, 3.63) is 84.4 Å². The molecule has 0 aliphatic heterocycles. The molecule has 3 rings (SSSR count). The molecule has 3 aromatic carbocycles. The van der Waals surface area contributed by atoms with Gasteiger partial charge in [0.05, 0.1) is 0 Å². The minimum absolute atomic E-state index is 0.238. The largest absolute Gasteiger partial charge is 0.573 e. The first-order valence-corrected chi connectivity index (χ1v) is 7.89. The number of alkyl halides is 3. The summed E-state index contributed by atoms with van der Waals surface area (Å²) < 4.78 is 46.6. The Kier molecular flexibility index (Phi) is 5.31. The number of benzene rings is 3. The van der Waals surface area contributed by atoms with Gasteiger partial charge in [-0.25, -0.2) is 0 Å². The van der Waals surface area contributed by atoms with Crippen molar-refractivity contribution in [1.29, 1.82) is 0 Å². The van der Waals surface area contributed by atoms with Gasteiger partial charge in [0, 0.05) is 18.3 Å². The van der Waals surface area contributed by atoms with Crippen molar-refractivity contribution in [3.8, 4) is 17.2 Å². The van der Waals surface area contributed by atoms with Crippen molar-refractivity contribution in [3.63, 3.8) is 0 Å². The quantitative estimate of drug-likeness (QED) is 0.586. The fourth-order valence-electron chi connectivity index (χ4n) is 2.35. The van der Waals surface area contributed by atoms with Crippen LogP contribution in [0.5, 0.6) is 17.2 Å². The summed E-state index contributed by atoms with van der Waals surface area (Å²) in [5, 5.41) is 3.16. The standard InChI is InChI=1S/C20H16F3NO2/c21-20(22,23)26-19-11-4-6-15(12-19)14-24-16-7-5-10-18(13-16)25-17-8-2-1-3-9-17/h1-13,24H,14H2. The first kappa shape index (κ1) is 17.7. The Morgan fingerprint density at radius 2 is 1.42 bits per heavy atom. The van der Waals surface area contributed by atoms with Crippen molar-refractivity contribution in [2.75, 3.05) is 5.32 Å². The second kappa shape index (κ2) is 7.82. The fourth-order valence-corrected chi connectivity index (χ4v) is 2.35. The number of hydrogen-bond donors (Lipinski definition) is 1. The molecule has 0 heterocycles. The first-order valence-electron chi connectivity index (χ1n) is 7.89. The Hall–Kier alpha value is -3.15. The smallest absolute Gasteiger partial charge is 0.457 e. The zero-order valence-corrected chi connectivity index (χ0v) is 13.7. The average molecular weight is 359 g/mol. The molecule has 134 valence electrons. The zero-order valence-electron chi connectivity index (χ0n) is 13.7. The van der Waals surface area contributed by atoms with Gasteiger partial charge in [-0.05, 0) is 42.0 Å². The molecule has 3 nitrogen and oxygen atoms in total. The predicted molar refractivity (Wildman–Crippen MR) is 93.4 cm³/mol. The molecule has 3 aromatic rings. The maximum atomic E-state index is 12.3. The second-order valence-corrected chi connectivity index (χ2v) is 5.49. The van der Waals surface area contributed by atoms with Crippen LogP contribution in [0.2, 0.25) is 0 Å². The van der Waals surface area contributed by atoms with E-state index in [1.165, 1.54) is 18.2 Å². The minimum Gasteiger partial charge on any atom is -0.457 e. The van der Waals surface area contributed by atoms with Crippen LogP contribution >= 0.6 is 0 Å². The van der Waals surface area contributed by atoms with E-state index >= 15 is 0 Å². The normalized spacial score (nSPS) is 11.0. The van der Waals surface area contributed by atoms with E-state index in [0.29, 0.717) is 17.9 Å².